The fourth-order valence-corrected chi connectivity index (χ4v) is 5.35. The predicted molar refractivity (Wildman–Crippen MR) is 129 cm³/mol. The maximum Gasteiger partial charge on any atom is 0.268 e. The van der Waals surface area contributed by atoms with Crippen molar-refractivity contribution in [1.82, 2.24) is 29.9 Å². The van der Waals surface area contributed by atoms with E-state index in [1.165, 1.54) is 0 Å². The van der Waals surface area contributed by atoms with Gasteiger partial charge in [-0.15, -0.1) is 5.10 Å². The Kier molecular flexibility index (Phi) is 4.95. The smallest absolute Gasteiger partial charge is 0.268 e. The van der Waals surface area contributed by atoms with Gasteiger partial charge in [0.25, 0.3) is 5.91 Å². The van der Waals surface area contributed by atoms with Crippen molar-refractivity contribution >= 4 is 39.5 Å². The Morgan fingerprint density at radius 1 is 1.26 bits per heavy atom. The van der Waals surface area contributed by atoms with E-state index in [9.17, 15) is 9.18 Å². The summed E-state index contributed by atoms with van der Waals surface area (Å²) in [7, 11) is 1.89. The third kappa shape index (κ3) is 3.56. The monoisotopic (exact) mass is 474 g/mol. The number of para-hydroxylation sites is 1. The average Bonchev–Trinajstić information content (AvgIpc) is 3.39. The molecule has 6 rings (SSSR count). The third-order valence-corrected chi connectivity index (χ3v) is 7.58. The summed E-state index contributed by atoms with van der Waals surface area (Å²) in [4.78, 5) is 15.2. The lowest BCUT2D eigenvalue weighted by Crippen LogP contribution is -2.25. The highest BCUT2D eigenvalue weighted by Gasteiger charge is 2.28. The van der Waals surface area contributed by atoms with Gasteiger partial charge in [-0.25, -0.2) is 0 Å². The number of hydrogen-bond donors (Lipinski definition) is 2. The number of aromatic amines is 1. The van der Waals surface area contributed by atoms with E-state index in [4.69, 9.17) is 0 Å². The number of benzene rings is 2. The molecule has 0 aliphatic heterocycles. The van der Waals surface area contributed by atoms with Crippen LogP contribution in [-0.2, 0) is 13.6 Å². The van der Waals surface area contributed by atoms with Gasteiger partial charge in [0.05, 0.1) is 28.7 Å². The molecule has 0 atom stereocenters. The van der Waals surface area contributed by atoms with Crippen LogP contribution in [-0.4, -0.2) is 30.5 Å². The minimum atomic E-state index is -0.455. The van der Waals surface area contributed by atoms with Crippen LogP contribution in [0, 0.1) is 12.9 Å². The first kappa shape index (κ1) is 21.0. The van der Waals surface area contributed by atoms with Crippen molar-refractivity contribution in [3.8, 4) is 0 Å². The lowest BCUT2D eigenvalue weighted by molar-refractivity contribution is 0.0942. The molecule has 2 N–H and O–H groups in total. The molecule has 172 valence electrons. The molecule has 3 heterocycles. The molecule has 3 aromatic heterocycles. The summed E-state index contributed by atoms with van der Waals surface area (Å²) in [5.74, 6) is -0.624. The summed E-state index contributed by atoms with van der Waals surface area (Å²) in [6, 6.07) is 13.8. The maximum absolute atomic E-state index is 14.4. The van der Waals surface area contributed by atoms with Gasteiger partial charge >= 0.3 is 0 Å². The number of fused-ring (bicyclic) bond motifs is 2. The topological polar surface area (TPSA) is 80.5 Å². The number of halogens is 1. The van der Waals surface area contributed by atoms with Crippen LogP contribution in [0.25, 0.3) is 21.8 Å². The fraction of sp³-hybridized carbons (Fsp3) is 0.240. The van der Waals surface area contributed by atoms with Gasteiger partial charge in [-0.2, -0.15) is 9.49 Å². The van der Waals surface area contributed by atoms with Crippen LogP contribution >= 0.6 is 11.8 Å². The summed E-state index contributed by atoms with van der Waals surface area (Å²) in [6.45, 7) is 2.31. The number of H-pyrrole nitrogens is 1. The van der Waals surface area contributed by atoms with Gasteiger partial charge in [-0.05, 0) is 55.7 Å². The van der Waals surface area contributed by atoms with Crippen molar-refractivity contribution in [3.63, 3.8) is 0 Å². The average molecular weight is 475 g/mol. The second-order valence-electron chi connectivity index (χ2n) is 8.72. The van der Waals surface area contributed by atoms with E-state index >= 15 is 0 Å². The molecule has 34 heavy (non-hydrogen) atoms. The summed E-state index contributed by atoms with van der Waals surface area (Å²) >= 11 is 1.62. The highest BCUT2D eigenvalue weighted by Crippen LogP contribution is 2.38. The van der Waals surface area contributed by atoms with Crippen LogP contribution in [0.5, 0.6) is 0 Å². The van der Waals surface area contributed by atoms with Crippen LogP contribution < -0.4 is 5.32 Å². The number of carbonyl (C=O) groups is 1. The number of nitrogens with zero attached hydrogens (tertiary/aromatic N) is 4. The van der Waals surface area contributed by atoms with Crippen LogP contribution in [0.3, 0.4) is 0 Å². The second kappa shape index (κ2) is 8.02. The molecule has 0 radical (unpaired) electrons. The molecule has 0 spiro atoms. The zero-order valence-electron chi connectivity index (χ0n) is 18.8. The second-order valence-corrected chi connectivity index (χ2v) is 9.84. The van der Waals surface area contributed by atoms with E-state index < -0.39 is 5.95 Å². The lowest BCUT2D eigenvalue weighted by atomic mass is 10.1. The van der Waals surface area contributed by atoms with E-state index in [2.05, 4.69) is 26.7 Å². The molecule has 1 aliphatic carbocycles. The standard InChI is InChI=1S/C25H23FN6OS/c1-14-22(34-18-8-9-20-16(10-18)13-28-29-20)11-21(31(14)2)25(33)27-12-15-4-3-5-19-23(15)32(17-6-7-17)30-24(19)26/h3-5,8-11,13,17H,6-7,12H2,1-2H3,(H,27,33)(H,28,29). The maximum atomic E-state index is 14.4. The first-order valence-electron chi connectivity index (χ1n) is 11.2. The van der Waals surface area contributed by atoms with Gasteiger partial charge in [0.15, 0.2) is 0 Å². The Bertz CT molecular complexity index is 1560. The summed E-state index contributed by atoms with van der Waals surface area (Å²) in [5.41, 5.74) is 4.23. The van der Waals surface area contributed by atoms with Crippen molar-refractivity contribution < 1.29 is 9.18 Å². The Morgan fingerprint density at radius 3 is 2.94 bits per heavy atom. The number of hydrogen-bond acceptors (Lipinski definition) is 4. The highest BCUT2D eigenvalue weighted by atomic mass is 32.2. The zero-order valence-corrected chi connectivity index (χ0v) is 19.6. The van der Waals surface area contributed by atoms with Gasteiger partial charge in [-0.3, -0.25) is 14.6 Å². The van der Waals surface area contributed by atoms with Crippen molar-refractivity contribution in [2.75, 3.05) is 0 Å². The van der Waals surface area contributed by atoms with Crippen molar-refractivity contribution in [1.29, 1.82) is 0 Å². The van der Waals surface area contributed by atoms with Crippen molar-refractivity contribution in [2.45, 2.75) is 42.1 Å². The molecule has 1 fully saturated rings. The van der Waals surface area contributed by atoms with Gasteiger partial charge in [0.2, 0.25) is 5.95 Å². The van der Waals surface area contributed by atoms with E-state index in [0.717, 1.165) is 50.3 Å². The van der Waals surface area contributed by atoms with E-state index in [1.807, 2.05) is 48.9 Å². The van der Waals surface area contributed by atoms with Gasteiger partial charge in [0.1, 0.15) is 5.69 Å². The van der Waals surface area contributed by atoms with Crippen molar-refractivity contribution in [3.05, 3.63) is 71.6 Å². The molecule has 0 bridgehead atoms. The number of rotatable bonds is 6. The van der Waals surface area contributed by atoms with Gasteiger partial charge < -0.3 is 9.88 Å². The predicted octanol–water partition coefficient (Wildman–Crippen LogP) is 5.11. The molecule has 7 nitrogen and oxygen atoms in total. The molecule has 9 heteroatoms. The quantitative estimate of drug-likeness (QED) is 0.358. The molecule has 0 saturated heterocycles. The number of carbonyl (C=O) groups excluding carboxylic acids is 1. The Balaban J connectivity index is 1.23. The van der Waals surface area contributed by atoms with Crippen LogP contribution in [0.2, 0.25) is 0 Å². The van der Waals surface area contributed by atoms with E-state index in [0.29, 0.717) is 17.6 Å². The summed E-state index contributed by atoms with van der Waals surface area (Å²) in [5, 5.41) is 15.7. The molecular formula is C25H23FN6OS. The van der Waals surface area contributed by atoms with Crippen LogP contribution in [0.15, 0.2) is 58.5 Å². The molecule has 1 aliphatic rings. The molecular weight excluding hydrogens is 451 g/mol. The van der Waals surface area contributed by atoms with Gasteiger partial charge in [-0.1, -0.05) is 23.9 Å². The largest absolute Gasteiger partial charge is 0.347 e. The summed E-state index contributed by atoms with van der Waals surface area (Å²) in [6.07, 6.45) is 3.82. The fourth-order valence-electron chi connectivity index (χ4n) is 4.32. The van der Waals surface area contributed by atoms with E-state index in [1.54, 1.807) is 28.7 Å². The molecule has 1 saturated carbocycles. The van der Waals surface area contributed by atoms with E-state index in [-0.39, 0.29) is 11.9 Å². The van der Waals surface area contributed by atoms with Gasteiger partial charge in [0, 0.05) is 34.5 Å². The molecule has 0 unspecified atom stereocenters. The molecule has 5 aromatic rings. The SMILES string of the molecule is Cc1c(Sc2ccc3[nH]ncc3c2)cc(C(=O)NCc2cccc3c(F)nn(C4CC4)c23)n1C. The number of amides is 1. The molecule has 2 aromatic carbocycles. The first-order valence-corrected chi connectivity index (χ1v) is 12.0. The Labute approximate surface area is 199 Å². The minimum Gasteiger partial charge on any atom is -0.347 e. The first-order chi connectivity index (χ1) is 16.5. The minimum absolute atomic E-state index is 0.169. The molecule has 1 amide bonds. The van der Waals surface area contributed by atoms with Crippen molar-refractivity contribution in [2.24, 2.45) is 7.05 Å². The Hall–Kier alpha value is -3.59. The number of aromatic nitrogens is 5. The van der Waals surface area contributed by atoms with Crippen LogP contribution in [0.1, 0.15) is 40.6 Å². The normalized spacial score (nSPS) is 13.7. The highest BCUT2D eigenvalue weighted by molar-refractivity contribution is 7.99. The zero-order chi connectivity index (χ0) is 23.4. The Morgan fingerprint density at radius 2 is 2.12 bits per heavy atom. The number of nitrogens with one attached hydrogen (secondary N) is 2. The lowest BCUT2D eigenvalue weighted by Gasteiger charge is -2.10. The third-order valence-electron chi connectivity index (χ3n) is 6.46. The summed E-state index contributed by atoms with van der Waals surface area (Å²) < 4.78 is 18.0. The van der Waals surface area contributed by atoms with Crippen LogP contribution in [0.4, 0.5) is 4.39 Å².